The summed E-state index contributed by atoms with van der Waals surface area (Å²) in [7, 11) is 6.12. The molecule has 0 unspecified atom stereocenters. The predicted octanol–water partition coefficient (Wildman–Crippen LogP) is 8.05. The fraction of sp³-hybridized carbons (Fsp3) is 0.812. The average molecular weight is 504 g/mol. The Labute approximate surface area is 224 Å². The van der Waals surface area contributed by atoms with Crippen LogP contribution in [0.5, 0.6) is 0 Å². The molecule has 204 valence electrons. The van der Waals surface area contributed by atoms with Crippen LogP contribution in [0.2, 0.25) is 6.04 Å². The normalized spacial score (nSPS) is 11.9. The molecule has 1 aromatic rings. The molecule has 0 spiro atoms. The SMILES string of the molecule is C[N+](C)(CCCCCCCCCCCCCCCCCCCCNCCC[SiH3])Cc1ccccc1. The zero-order chi connectivity index (χ0) is 25.3. The van der Waals surface area contributed by atoms with E-state index in [1.165, 1.54) is 163 Å². The van der Waals surface area contributed by atoms with Gasteiger partial charge < -0.3 is 9.80 Å². The fourth-order valence-electron chi connectivity index (χ4n) is 5.20. The molecule has 1 aromatic carbocycles. The third-order valence-electron chi connectivity index (χ3n) is 7.53. The van der Waals surface area contributed by atoms with E-state index in [2.05, 4.69) is 49.7 Å². The highest BCUT2D eigenvalue weighted by molar-refractivity contribution is 6.08. The van der Waals surface area contributed by atoms with Gasteiger partial charge in [0.05, 0.1) is 20.6 Å². The molecule has 0 heterocycles. The Bertz CT molecular complexity index is 546. The van der Waals surface area contributed by atoms with Gasteiger partial charge in [-0.2, -0.15) is 0 Å². The lowest BCUT2D eigenvalue weighted by atomic mass is 10.0. The van der Waals surface area contributed by atoms with Crippen molar-refractivity contribution in [3.63, 3.8) is 0 Å². The molecule has 2 nitrogen and oxygen atoms in total. The number of nitrogens with one attached hydrogen (secondary N) is 1. The molecule has 0 radical (unpaired) electrons. The Morgan fingerprint density at radius 1 is 0.543 bits per heavy atom. The van der Waals surface area contributed by atoms with Crippen LogP contribution in [-0.4, -0.2) is 48.5 Å². The quantitative estimate of drug-likeness (QED) is 0.0766. The highest BCUT2D eigenvalue weighted by atomic mass is 28.1. The van der Waals surface area contributed by atoms with Crippen molar-refractivity contribution in [3.8, 4) is 0 Å². The summed E-state index contributed by atoms with van der Waals surface area (Å²) in [6.07, 6.45) is 27.5. The topological polar surface area (TPSA) is 12.0 Å². The van der Waals surface area contributed by atoms with Crippen molar-refractivity contribution >= 4 is 10.2 Å². The lowest BCUT2D eigenvalue weighted by molar-refractivity contribution is -0.903. The van der Waals surface area contributed by atoms with Gasteiger partial charge in [-0.3, -0.25) is 0 Å². The van der Waals surface area contributed by atoms with Crippen molar-refractivity contribution in [1.82, 2.24) is 5.32 Å². The summed E-state index contributed by atoms with van der Waals surface area (Å²) in [5.41, 5.74) is 1.46. The molecule has 35 heavy (non-hydrogen) atoms. The summed E-state index contributed by atoms with van der Waals surface area (Å²) in [4.78, 5) is 0. The Hall–Kier alpha value is -0.643. The summed E-state index contributed by atoms with van der Waals surface area (Å²) in [5, 5.41) is 3.58. The van der Waals surface area contributed by atoms with E-state index >= 15 is 0 Å². The van der Waals surface area contributed by atoms with Gasteiger partial charge in [0, 0.05) is 15.8 Å². The second-order valence-electron chi connectivity index (χ2n) is 11.8. The first-order chi connectivity index (χ1) is 17.1. The van der Waals surface area contributed by atoms with E-state index < -0.39 is 0 Å². The van der Waals surface area contributed by atoms with Crippen molar-refractivity contribution in [2.75, 3.05) is 33.7 Å². The van der Waals surface area contributed by atoms with E-state index in [1.54, 1.807) is 0 Å². The maximum atomic E-state index is 3.58. The summed E-state index contributed by atoms with van der Waals surface area (Å²) >= 11 is 0. The summed E-state index contributed by atoms with van der Waals surface area (Å²) in [5.74, 6) is 0. The minimum Gasteiger partial charge on any atom is -0.325 e. The Morgan fingerprint density at radius 3 is 1.40 bits per heavy atom. The predicted molar refractivity (Wildman–Crippen MR) is 162 cm³/mol. The molecule has 1 N–H and O–H groups in total. The second-order valence-corrected chi connectivity index (χ2v) is 12.8. The third kappa shape index (κ3) is 22.3. The molecule has 3 heteroatoms. The van der Waals surface area contributed by atoms with E-state index in [-0.39, 0.29) is 0 Å². The highest BCUT2D eigenvalue weighted by Crippen LogP contribution is 2.15. The molecule has 0 saturated heterocycles. The van der Waals surface area contributed by atoms with Crippen LogP contribution in [0.4, 0.5) is 0 Å². The van der Waals surface area contributed by atoms with Crippen LogP contribution in [0.1, 0.15) is 128 Å². The molecule has 0 aliphatic rings. The van der Waals surface area contributed by atoms with E-state index in [0.29, 0.717) is 0 Å². The minimum atomic E-state index is 1.11. The first-order valence-electron chi connectivity index (χ1n) is 15.7. The first kappa shape index (κ1) is 32.4. The maximum absolute atomic E-state index is 3.58. The number of hydrogen-bond acceptors (Lipinski definition) is 1. The van der Waals surface area contributed by atoms with Crippen molar-refractivity contribution in [2.24, 2.45) is 0 Å². The van der Waals surface area contributed by atoms with Crippen LogP contribution < -0.4 is 5.32 Å². The molecular formula is C32H63N2Si+. The first-order valence-corrected chi connectivity index (χ1v) is 17.1. The van der Waals surface area contributed by atoms with Gasteiger partial charge in [-0.15, -0.1) is 0 Å². The zero-order valence-corrected chi connectivity index (χ0v) is 26.3. The summed E-state index contributed by atoms with van der Waals surface area (Å²) < 4.78 is 1.11. The van der Waals surface area contributed by atoms with E-state index in [4.69, 9.17) is 0 Å². The van der Waals surface area contributed by atoms with Crippen molar-refractivity contribution < 1.29 is 4.48 Å². The van der Waals surface area contributed by atoms with Gasteiger partial charge >= 0.3 is 0 Å². The van der Waals surface area contributed by atoms with Crippen LogP contribution >= 0.6 is 0 Å². The number of nitrogens with zero attached hydrogens (tertiary/aromatic N) is 1. The lowest BCUT2D eigenvalue weighted by Gasteiger charge is -2.30. The van der Waals surface area contributed by atoms with Crippen molar-refractivity contribution in [3.05, 3.63) is 35.9 Å². The molecule has 0 bridgehead atoms. The van der Waals surface area contributed by atoms with Gasteiger partial charge in [-0.1, -0.05) is 133 Å². The number of unbranched alkanes of at least 4 members (excludes halogenated alkanes) is 17. The lowest BCUT2D eigenvalue weighted by Crippen LogP contribution is -2.39. The van der Waals surface area contributed by atoms with Crippen LogP contribution in [0.3, 0.4) is 0 Å². The van der Waals surface area contributed by atoms with Gasteiger partial charge in [0.1, 0.15) is 6.54 Å². The average Bonchev–Trinajstić information content (AvgIpc) is 2.85. The van der Waals surface area contributed by atoms with E-state index in [9.17, 15) is 0 Å². The Morgan fingerprint density at radius 2 is 0.943 bits per heavy atom. The number of hydrogen-bond donors (Lipinski definition) is 1. The van der Waals surface area contributed by atoms with Gasteiger partial charge in [-0.05, 0) is 38.8 Å². The maximum Gasteiger partial charge on any atom is 0.104 e. The van der Waals surface area contributed by atoms with Crippen LogP contribution in [0, 0.1) is 0 Å². The van der Waals surface area contributed by atoms with Gasteiger partial charge in [0.15, 0.2) is 0 Å². The summed E-state index contributed by atoms with van der Waals surface area (Å²) in [6.45, 7) is 4.94. The monoisotopic (exact) mass is 503 g/mol. The third-order valence-corrected chi connectivity index (χ3v) is 8.23. The van der Waals surface area contributed by atoms with E-state index in [1.807, 2.05) is 0 Å². The molecule has 0 saturated carbocycles. The number of rotatable bonds is 26. The Balaban J connectivity index is 1.73. The smallest absolute Gasteiger partial charge is 0.104 e. The Kier molecular flexibility index (Phi) is 22.0. The van der Waals surface area contributed by atoms with Gasteiger partial charge in [-0.25, -0.2) is 0 Å². The molecule has 0 atom stereocenters. The van der Waals surface area contributed by atoms with Crippen molar-refractivity contribution in [1.29, 1.82) is 0 Å². The van der Waals surface area contributed by atoms with E-state index in [0.717, 1.165) is 11.0 Å². The molecule has 0 aliphatic heterocycles. The zero-order valence-electron chi connectivity index (χ0n) is 24.3. The van der Waals surface area contributed by atoms with Gasteiger partial charge in [0.25, 0.3) is 0 Å². The van der Waals surface area contributed by atoms with Gasteiger partial charge in [0.2, 0.25) is 0 Å². The van der Waals surface area contributed by atoms with Crippen molar-refractivity contribution in [2.45, 2.75) is 135 Å². The summed E-state index contributed by atoms with van der Waals surface area (Å²) in [6, 6.07) is 12.4. The van der Waals surface area contributed by atoms with Crippen LogP contribution in [0.25, 0.3) is 0 Å². The minimum absolute atomic E-state index is 1.11. The number of quaternary nitrogens is 1. The molecule has 0 amide bonds. The molecule has 0 aliphatic carbocycles. The molecule has 1 rings (SSSR count). The standard InChI is InChI=1S/C32H63N2Si/c1-34(2,31-32-25-20-19-21-26-32)29-23-18-16-14-12-10-8-6-4-3-5-7-9-11-13-15-17-22-27-33-28-24-30-35/h19-21,25-26,33H,3-18,22-24,27-31H2,1-2,35H3/q+1. The number of benzene rings is 1. The van der Waals surface area contributed by atoms with Crippen LogP contribution in [0.15, 0.2) is 30.3 Å². The highest BCUT2D eigenvalue weighted by Gasteiger charge is 2.14. The molecule has 0 fully saturated rings. The molecular weight excluding hydrogens is 440 g/mol. The molecule has 0 aromatic heterocycles. The second kappa shape index (κ2) is 23.7. The van der Waals surface area contributed by atoms with Crippen LogP contribution in [-0.2, 0) is 6.54 Å². The largest absolute Gasteiger partial charge is 0.325 e. The fourth-order valence-corrected chi connectivity index (χ4v) is 5.56.